The number of allylic oxidation sites excluding steroid dienone is 6. The summed E-state index contributed by atoms with van der Waals surface area (Å²) in [6, 6.07) is 15.9. The first-order chi connectivity index (χ1) is 22.6. The number of hydrogen-bond acceptors (Lipinski definition) is 9. The lowest BCUT2D eigenvalue weighted by Gasteiger charge is -2.29. The van der Waals surface area contributed by atoms with Gasteiger partial charge in [-0.3, -0.25) is 18.2 Å². The molecule has 48 heavy (non-hydrogen) atoms. The first-order valence-corrected chi connectivity index (χ1v) is 19.1. The quantitative estimate of drug-likeness (QED) is 0.0354. The molecule has 0 radical (unpaired) electrons. The van der Waals surface area contributed by atoms with E-state index in [-0.39, 0.29) is 24.0 Å². The van der Waals surface area contributed by atoms with E-state index in [1.165, 1.54) is 49.3 Å². The third kappa shape index (κ3) is 15.3. The summed E-state index contributed by atoms with van der Waals surface area (Å²) in [5.74, 6) is -1.64. The predicted molar refractivity (Wildman–Crippen MR) is 187 cm³/mol. The van der Waals surface area contributed by atoms with Crippen molar-refractivity contribution < 1.29 is 45.6 Å². The van der Waals surface area contributed by atoms with Crippen molar-refractivity contribution >= 4 is 29.7 Å². The molecule has 0 aliphatic carbocycles. The normalized spacial score (nSPS) is 15.5. The van der Waals surface area contributed by atoms with E-state index in [2.05, 4.69) is 32.9 Å². The van der Waals surface area contributed by atoms with E-state index in [0.29, 0.717) is 6.42 Å². The van der Waals surface area contributed by atoms with Gasteiger partial charge in [-0.05, 0) is 111 Å². The first-order valence-electron chi connectivity index (χ1n) is 16.0. The summed E-state index contributed by atoms with van der Waals surface area (Å²) < 4.78 is 71.3. The van der Waals surface area contributed by atoms with Gasteiger partial charge in [0.1, 0.15) is 0 Å². The number of unbranched alkanes of at least 4 members (excludes halogenated alkanes) is 1. The van der Waals surface area contributed by atoms with Crippen molar-refractivity contribution in [2.24, 2.45) is 0 Å². The van der Waals surface area contributed by atoms with Gasteiger partial charge in [0, 0.05) is 0 Å². The molecule has 0 amide bonds. The summed E-state index contributed by atoms with van der Waals surface area (Å²) in [7, 11) is -9.93. The van der Waals surface area contributed by atoms with Crippen molar-refractivity contribution in [1.29, 1.82) is 0 Å². The Hall–Kier alpha value is -3.34. The molecular weight excluding hydrogens is 655 g/mol. The van der Waals surface area contributed by atoms with Gasteiger partial charge in [-0.25, -0.2) is 9.59 Å². The second kappa shape index (κ2) is 20.2. The summed E-state index contributed by atoms with van der Waals surface area (Å²) >= 11 is 0. The van der Waals surface area contributed by atoms with Crippen LogP contribution in [0, 0.1) is 0 Å². The number of esters is 2. The fraction of sp³-hybridized carbons (Fsp3) is 0.444. The Morgan fingerprint density at radius 2 is 1.15 bits per heavy atom. The molecule has 2 rings (SSSR count). The molecule has 3 unspecified atom stereocenters. The zero-order valence-corrected chi connectivity index (χ0v) is 30.4. The lowest BCUT2D eigenvalue weighted by molar-refractivity contribution is -0.0719. The third-order valence-corrected chi connectivity index (χ3v) is 11.8. The van der Waals surface area contributed by atoms with E-state index >= 15 is 0 Å². The highest BCUT2D eigenvalue weighted by Crippen LogP contribution is 2.58. The summed E-state index contributed by atoms with van der Waals surface area (Å²) in [5, 5.41) is 0. The van der Waals surface area contributed by atoms with Crippen molar-refractivity contribution in [3.05, 3.63) is 107 Å². The van der Waals surface area contributed by atoms with Crippen LogP contribution < -0.4 is 0 Å². The van der Waals surface area contributed by atoms with Crippen LogP contribution in [-0.2, 0) is 33.2 Å². The molecule has 0 saturated heterocycles. The van der Waals surface area contributed by atoms with Gasteiger partial charge in [0.25, 0.3) is 10.1 Å². The number of hydrogen-bond donors (Lipinski definition) is 1. The second-order valence-electron chi connectivity index (χ2n) is 11.8. The van der Waals surface area contributed by atoms with Crippen LogP contribution >= 0.6 is 7.60 Å². The Morgan fingerprint density at radius 1 is 0.729 bits per heavy atom. The van der Waals surface area contributed by atoms with Crippen molar-refractivity contribution in [3.8, 4) is 0 Å². The van der Waals surface area contributed by atoms with E-state index in [4.69, 9.17) is 18.5 Å². The van der Waals surface area contributed by atoms with Crippen LogP contribution in [0.25, 0.3) is 0 Å². The summed E-state index contributed by atoms with van der Waals surface area (Å²) in [5.41, 5.74) is 4.08. The van der Waals surface area contributed by atoms with Crippen molar-refractivity contribution in [1.82, 2.24) is 0 Å². The highest BCUT2D eigenvalue weighted by atomic mass is 32.2. The van der Waals surface area contributed by atoms with Crippen LogP contribution in [0.1, 0.15) is 107 Å². The standard InChI is InChI=1S/C36H49O10PS/c1-27(2)17-15-19-29(4)21-16-20-28(3)18-13-14-26-34(48(40,41)42)47(39,45-30(5)43-35(37)32-22-9-7-10-23-32)46-31(6)44-36(38)33-24-11-8-12-25-33/h7-12,17-18,21-25,30-31,34H,13-16,19-20,26H2,1-6H3,(H,40,41,42)/b28-18+,29-21+. The van der Waals surface area contributed by atoms with Gasteiger partial charge in [-0.15, -0.1) is 0 Å². The molecule has 2 aromatic rings. The molecule has 10 nitrogen and oxygen atoms in total. The van der Waals surface area contributed by atoms with Crippen LogP contribution in [0.2, 0.25) is 0 Å². The van der Waals surface area contributed by atoms with Crippen LogP contribution in [0.3, 0.4) is 0 Å². The number of carbonyl (C=O) groups is 2. The Labute approximate surface area is 285 Å². The van der Waals surface area contributed by atoms with Crippen LogP contribution in [-0.4, -0.2) is 42.5 Å². The Kier molecular flexibility index (Phi) is 17.2. The molecule has 264 valence electrons. The molecule has 1 N–H and O–H groups in total. The smallest absolute Gasteiger partial charge is 0.357 e. The molecule has 0 fully saturated rings. The largest absolute Gasteiger partial charge is 0.432 e. The van der Waals surface area contributed by atoms with Crippen molar-refractivity contribution in [3.63, 3.8) is 0 Å². The van der Waals surface area contributed by atoms with Crippen LogP contribution in [0.5, 0.6) is 0 Å². The zero-order valence-electron chi connectivity index (χ0n) is 28.7. The molecule has 2 aromatic carbocycles. The minimum atomic E-state index is -5.04. The second-order valence-corrected chi connectivity index (χ2v) is 15.9. The number of ether oxygens (including phenoxy) is 2. The van der Waals surface area contributed by atoms with E-state index in [1.807, 2.05) is 13.0 Å². The molecule has 0 aliphatic rings. The molecule has 0 heterocycles. The van der Waals surface area contributed by atoms with Crippen LogP contribution in [0.4, 0.5) is 0 Å². The first kappa shape index (κ1) is 40.8. The minimum absolute atomic E-state index is 0.178. The average Bonchev–Trinajstić information content (AvgIpc) is 3.00. The maximum absolute atomic E-state index is 14.3. The maximum atomic E-state index is 14.3. The summed E-state index contributed by atoms with van der Waals surface area (Å²) in [6.07, 6.45) is 7.28. The van der Waals surface area contributed by atoms with Gasteiger partial charge in [0.05, 0.1) is 11.1 Å². The Bertz CT molecular complexity index is 1500. The Morgan fingerprint density at radius 3 is 1.56 bits per heavy atom. The molecule has 0 aromatic heterocycles. The monoisotopic (exact) mass is 704 g/mol. The van der Waals surface area contributed by atoms with Gasteiger partial charge < -0.3 is 9.47 Å². The van der Waals surface area contributed by atoms with Crippen molar-refractivity contribution in [2.75, 3.05) is 0 Å². The number of carbonyl (C=O) groups excluding carboxylic acids is 2. The third-order valence-electron chi connectivity index (χ3n) is 7.12. The Balaban J connectivity index is 2.17. The molecule has 0 bridgehead atoms. The molecule has 3 atom stereocenters. The lowest BCUT2D eigenvalue weighted by Crippen LogP contribution is -2.29. The molecule has 12 heteroatoms. The van der Waals surface area contributed by atoms with Gasteiger partial charge in [-0.2, -0.15) is 8.42 Å². The van der Waals surface area contributed by atoms with Gasteiger partial charge in [0.15, 0.2) is 4.99 Å². The molecular formula is C36H49O10PS. The van der Waals surface area contributed by atoms with Crippen molar-refractivity contribution in [2.45, 2.75) is 104 Å². The van der Waals surface area contributed by atoms with Gasteiger partial charge in [0.2, 0.25) is 12.6 Å². The lowest BCUT2D eigenvalue weighted by atomic mass is 10.1. The van der Waals surface area contributed by atoms with E-state index in [0.717, 1.165) is 31.3 Å². The minimum Gasteiger partial charge on any atom is -0.432 e. The number of rotatable bonds is 20. The fourth-order valence-electron chi connectivity index (χ4n) is 4.65. The van der Waals surface area contributed by atoms with E-state index in [9.17, 15) is 27.1 Å². The van der Waals surface area contributed by atoms with Crippen LogP contribution in [0.15, 0.2) is 95.6 Å². The van der Waals surface area contributed by atoms with Gasteiger partial charge >= 0.3 is 19.5 Å². The maximum Gasteiger partial charge on any atom is 0.357 e. The highest BCUT2D eigenvalue weighted by molar-refractivity contribution is 7.94. The zero-order chi connectivity index (χ0) is 35.7. The summed E-state index contributed by atoms with van der Waals surface area (Å²) in [4.78, 5) is 23.2. The summed E-state index contributed by atoms with van der Waals surface area (Å²) in [6.45, 7) is 10.7. The number of benzene rings is 2. The molecule has 0 saturated carbocycles. The highest BCUT2D eigenvalue weighted by Gasteiger charge is 2.47. The predicted octanol–water partition coefficient (Wildman–Crippen LogP) is 9.42. The average molecular weight is 705 g/mol. The topological polar surface area (TPSA) is 142 Å². The van der Waals surface area contributed by atoms with E-state index < -0.39 is 47.2 Å². The SMILES string of the molecule is CC(C)=CCC/C(C)=C/CC/C(C)=C/CCCC(P(=O)(OC(C)OC(=O)c1ccccc1)OC(C)OC(=O)c1ccccc1)S(=O)(=O)O. The van der Waals surface area contributed by atoms with Gasteiger partial charge in [-0.1, -0.05) is 71.3 Å². The van der Waals surface area contributed by atoms with E-state index in [1.54, 1.807) is 36.4 Å². The fourth-order valence-corrected chi connectivity index (χ4v) is 8.45. The molecule has 0 aliphatic heterocycles. The molecule has 0 spiro atoms.